The topological polar surface area (TPSA) is 9.23 Å². The average molecular weight is 527 g/mol. The van der Waals surface area contributed by atoms with Crippen molar-refractivity contribution < 1.29 is 31.1 Å². The average Bonchev–Trinajstić information content (AvgIpc) is 2.85. The van der Waals surface area contributed by atoms with Gasteiger partial charge in [-0.2, -0.15) is 8.78 Å². The van der Waals surface area contributed by atoms with Crippen LogP contribution in [0.25, 0.3) is 11.1 Å². The van der Waals surface area contributed by atoms with Crippen molar-refractivity contribution in [3.05, 3.63) is 87.9 Å². The summed E-state index contributed by atoms with van der Waals surface area (Å²) in [7, 11) is 0. The molecule has 36 heavy (non-hydrogen) atoms. The molecule has 1 aliphatic rings. The molecule has 3 aromatic carbocycles. The minimum absolute atomic E-state index is 0.0730. The van der Waals surface area contributed by atoms with E-state index in [0.717, 1.165) is 44.2 Å². The van der Waals surface area contributed by atoms with Crippen LogP contribution in [0.3, 0.4) is 0 Å². The fourth-order valence-corrected chi connectivity index (χ4v) is 5.20. The van der Waals surface area contributed by atoms with E-state index in [4.69, 9.17) is 11.6 Å². The number of hydrogen-bond donors (Lipinski definition) is 0. The van der Waals surface area contributed by atoms with Gasteiger partial charge in [0.15, 0.2) is 17.5 Å². The molecule has 1 nitrogen and oxygen atoms in total. The highest BCUT2D eigenvalue weighted by Crippen LogP contribution is 2.42. The van der Waals surface area contributed by atoms with E-state index in [9.17, 15) is 22.0 Å². The highest BCUT2D eigenvalue weighted by atomic mass is 35.5. The summed E-state index contributed by atoms with van der Waals surface area (Å²) in [6.45, 7) is 2.17. The Kier molecular flexibility index (Phi) is 7.88. The lowest BCUT2D eigenvalue weighted by molar-refractivity contribution is -0.185. The van der Waals surface area contributed by atoms with Gasteiger partial charge in [-0.1, -0.05) is 55.6 Å². The molecule has 0 amide bonds. The van der Waals surface area contributed by atoms with Crippen molar-refractivity contribution in [3.63, 3.8) is 0 Å². The van der Waals surface area contributed by atoms with Crippen molar-refractivity contribution >= 4 is 11.6 Å². The highest BCUT2D eigenvalue weighted by molar-refractivity contribution is 6.33. The molecule has 0 aromatic heterocycles. The van der Waals surface area contributed by atoms with Crippen molar-refractivity contribution in [2.45, 2.75) is 57.5 Å². The zero-order valence-electron chi connectivity index (χ0n) is 19.6. The van der Waals surface area contributed by atoms with E-state index in [1.165, 1.54) is 18.6 Å². The summed E-state index contributed by atoms with van der Waals surface area (Å²) in [5, 5.41) is -0.0730. The lowest BCUT2D eigenvalue weighted by atomic mass is 9.77. The Balaban J connectivity index is 1.51. The van der Waals surface area contributed by atoms with Crippen molar-refractivity contribution in [1.82, 2.24) is 0 Å². The van der Waals surface area contributed by atoms with Crippen LogP contribution in [0.1, 0.15) is 62.5 Å². The molecule has 8 heteroatoms. The summed E-state index contributed by atoms with van der Waals surface area (Å²) < 4.78 is 88.6. The van der Waals surface area contributed by atoms with Gasteiger partial charge in [-0.3, -0.25) is 0 Å². The summed E-state index contributed by atoms with van der Waals surface area (Å²) in [6.07, 6.45) is 2.30. The van der Waals surface area contributed by atoms with E-state index in [1.807, 2.05) is 0 Å². The van der Waals surface area contributed by atoms with Crippen molar-refractivity contribution in [2.24, 2.45) is 5.92 Å². The Morgan fingerprint density at radius 2 is 1.47 bits per heavy atom. The fraction of sp³-hybridized carbons (Fsp3) is 0.357. The van der Waals surface area contributed by atoms with E-state index in [0.29, 0.717) is 34.7 Å². The molecule has 1 saturated carbocycles. The Hall–Kier alpha value is -2.67. The molecule has 192 valence electrons. The molecule has 1 fully saturated rings. The molecule has 0 radical (unpaired) electrons. The van der Waals surface area contributed by atoms with Gasteiger partial charge in [0.05, 0.1) is 10.6 Å². The second-order valence-electron chi connectivity index (χ2n) is 9.23. The zero-order valence-corrected chi connectivity index (χ0v) is 20.3. The minimum Gasteiger partial charge on any atom is -0.429 e. The molecule has 0 unspecified atom stereocenters. The summed E-state index contributed by atoms with van der Waals surface area (Å²) in [6, 6.07) is 8.81. The first-order valence-corrected chi connectivity index (χ1v) is 12.3. The Bertz CT molecular complexity index is 1200. The largest absolute Gasteiger partial charge is 0.429 e. The molecular formula is C28H25ClF6O. The minimum atomic E-state index is -3.97. The maximum Gasteiger partial charge on any atom is 0.426 e. The number of halogens is 7. The van der Waals surface area contributed by atoms with Gasteiger partial charge in [-0.25, -0.2) is 17.6 Å². The number of benzene rings is 3. The number of rotatable bonds is 7. The van der Waals surface area contributed by atoms with E-state index < -0.39 is 40.7 Å². The third-order valence-electron chi connectivity index (χ3n) is 6.83. The molecule has 4 rings (SSSR count). The molecule has 0 atom stereocenters. The van der Waals surface area contributed by atoms with E-state index in [2.05, 4.69) is 11.7 Å². The lowest BCUT2D eigenvalue weighted by Gasteiger charge is -2.29. The first-order chi connectivity index (χ1) is 17.1. The van der Waals surface area contributed by atoms with Gasteiger partial charge in [0.1, 0.15) is 11.6 Å². The maximum atomic E-state index is 15.2. The van der Waals surface area contributed by atoms with Crippen LogP contribution < -0.4 is 4.74 Å². The molecule has 1 aliphatic carbocycles. The van der Waals surface area contributed by atoms with Gasteiger partial charge in [-0.15, -0.1) is 0 Å². The van der Waals surface area contributed by atoms with Crippen molar-refractivity contribution in [1.29, 1.82) is 0 Å². The van der Waals surface area contributed by atoms with Crippen molar-refractivity contribution in [2.75, 3.05) is 0 Å². The van der Waals surface area contributed by atoms with Crippen molar-refractivity contribution in [3.8, 4) is 16.9 Å². The van der Waals surface area contributed by atoms with Crippen LogP contribution in [0.5, 0.6) is 5.75 Å². The van der Waals surface area contributed by atoms with Crippen LogP contribution in [0.2, 0.25) is 5.02 Å². The SMILES string of the molecule is CCCC1CCC(c2ccc(-c3ccc(C(F)(F)Oc4cc(F)c(F)c(F)c4)cc3)c(Cl)c2F)CC1. The number of hydrogen-bond acceptors (Lipinski definition) is 1. The van der Waals surface area contributed by atoms with E-state index >= 15 is 4.39 Å². The fourth-order valence-electron chi connectivity index (χ4n) is 4.91. The quantitative estimate of drug-likeness (QED) is 0.220. The summed E-state index contributed by atoms with van der Waals surface area (Å²) in [5.74, 6) is -5.66. The van der Waals surface area contributed by atoms with Crippen LogP contribution in [-0.4, -0.2) is 0 Å². The molecule has 0 aliphatic heterocycles. The van der Waals surface area contributed by atoms with Gasteiger partial charge in [0.25, 0.3) is 0 Å². The predicted molar refractivity (Wildman–Crippen MR) is 127 cm³/mol. The predicted octanol–water partition coefficient (Wildman–Crippen LogP) is 9.77. The maximum absolute atomic E-state index is 15.2. The van der Waals surface area contributed by atoms with Gasteiger partial charge in [0.2, 0.25) is 0 Å². The Labute approximate surface area is 211 Å². The second-order valence-corrected chi connectivity index (χ2v) is 9.61. The summed E-state index contributed by atoms with van der Waals surface area (Å²) >= 11 is 6.36. The summed E-state index contributed by atoms with van der Waals surface area (Å²) in [5.41, 5.74) is 0.731. The monoisotopic (exact) mass is 526 g/mol. The Morgan fingerprint density at radius 3 is 2.06 bits per heavy atom. The van der Waals surface area contributed by atoms with Crippen LogP contribution in [0.15, 0.2) is 48.5 Å². The van der Waals surface area contributed by atoms with Crippen LogP contribution >= 0.6 is 11.6 Å². The molecule has 0 N–H and O–H groups in total. The first-order valence-electron chi connectivity index (χ1n) is 11.9. The second kappa shape index (κ2) is 10.8. The smallest absolute Gasteiger partial charge is 0.426 e. The molecule has 0 bridgehead atoms. The summed E-state index contributed by atoms with van der Waals surface area (Å²) in [4.78, 5) is 0. The molecular weight excluding hydrogens is 502 g/mol. The Morgan fingerprint density at radius 1 is 0.861 bits per heavy atom. The molecule has 3 aromatic rings. The standard InChI is InChI=1S/C28H25ClF6O/c1-2-3-16-4-6-18(7-5-16)22-13-12-21(25(29)26(22)32)17-8-10-19(11-9-17)28(34,35)36-20-14-23(30)27(33)24(31)15-20/h8-16,18H,2-7H2,1H3. The van der Waals surface area contributed by atoms with E-state index in [-0.39, 0.29) is 10.9 Å². The van der Waals surface area contributed by atoms with Gasteiger partial charge < -0.3 is 4.74 Å². The first kappa shape index (κ1) is 26.4. The van der Waals surface area contributed by atoms with E-state index in [1.54, 1.807) is 12.1 Å². The zero-order chi connectivity index (χ0) is 26.0. The normalized spacial score (nSPS) is 18.3. The van der Waals surface area contributed by atoms with Gasteiger partial charge in [0, 0.05) is 17.7 Å². The lowest BCUT2D eigenvalue weighted by Crippen LogP contribution is -2.22. The molecule has 0 spiro atoms. The van der Waals surface area contributed by atoms with Crippen LogP contribution in [0, 0.1) is 29.2 Å². The van der Waals surface area contributed by atoms with Gasteiger partial charge in [-0.05, 0) is 60.8 Å². The van der Waals surface area contributed by atoms with Gasteiger partial charge >= 0.3 is 6.11 Å². The third kappa shape index (κ3) is 5.51. The highest BCUT2D eigenvalue weighted by Gasteiger charge is 2.35. The number of alkyl halides is 2. The molecule has 0 saturated heterocycles. The third-order valence-corrected chi connectivity index (χ3v) is 7.20. The molecule has 0 heterocycles. The number of ether oxygens (including phenoxy) is 1. The van der Waals surface area contributed by atoms with Crippen LogP contribution in [0.4, 0.5) is 26.3 Å². The van der Waals surface area contributed by atoms with Crippen LogP contribution in [-0.2, 0) is 6.11 Å².